The van der Waals surface area contributed by atoms with Crippen molar-refractivity contribution < 1.29 is 9.59 Å². The fourth-order valence-electron chi connectivity index (χ4n) is 1.73. The Bertz CT molecular complexity index is 309. The summed E-state index contributed by atoms with van der Waals surface area (Å²) in [6.07, 6.45) is 2.84. The van der Waals surface area contributed by atoms with Gasteiger partial charge in [0.2, 0.25) is 11.8 Å². The molecule has 0 aromatic heterocycles. The van der Waals surface area contributed by atoms with Crippen LogP contribution in [-0.4, -0.2) is 24.4 Å². The van der Waals surface area contributed by atoms with Crippen LogP contribution >= 0.6 is 0 Å². The van der Waals surface area contributed by atoms with Crippen LogP contribution in [0.15, 0.2) is 0 Å². The first-order valence-electron chi connectivity index (χ1n) is 5.66. The summed E-state index contributed by atoms with van der Waals surface area (Å²) in [5.74, 6) is -1.11. The van der Waals surface area contributed by atoms with Gasteiger partial charge in [-0.05, 0) is 19.3 Å². The Balaban J connectivity index is 2.49. The Morgan fingerprint density at radius 1 is 1.75 bits per heavy atom. The molecule has 0 aliphatic carbocycles. The van der Waals surface area contributed by atoms with Gasteiger partial charge in [0.1, 0.15) is 12.0 Å². The third-order valence-corrected chi connectivity index (χ3v) is 2.65. The summed E-state index contributed by atoms with van der Waals surface area (Å²) < 4.78 is 0. The number of hydrogen-bond donors (Lipinski definition) is 2. The van der Waals surface area contributed by atoms with Gasteiger partial charge in [-0.3, -0.25) is 9.59 Å². The lowest BCUT2D eigenvalue weighted by molar-refractivity contribution is -0.131. The van der Waals surface area contributed by atoms with E-state index in [1.54, 1.807) is 0 Å². The fraction of sp³-hybridized carbons (Fsp3) is 0.727. The molecule has 5 nitrogen and oxygen atoms in total. The van der Waals surface area contributed by atoms with Crippen LogP contribution in [0.25, 0.3) is 0 Å². The SMILES string of the molecule is CCCC(C#N)C(=O)NC1CCCNC1=O. The van der Waals surface area contributed by atoms with E-state index in [1.165, 1.54) is 0 Å². The van der Waals surface area contributed by atoms with Crippen LogP contribution in [0.4, 0.5) is 0 Å². The van der Waals surface area contributed by atoms with Gasteiger partial charge in [-0.1, -0.05) is 13.3 Å². The van der Waals surface area contributed by atoms with Gasteiger partial charge in [-0.25, -0.2) is 0 Å². The minimum atomic E-state index is -0.639. The number of nitriles is 1. The number of hydrogen-bond acceptors (Lipinski definition) is 3. The molecule has 0 aromatic carbocycles. The maximum Gasteiger partial charge on any atom is 0.242 e. The van der Waals surface area contributed by atoms with E-state index in [4.69, 9.17) is 5.26 Å². The number of nitrogens with zero attached hydrogens (tertiary/aromatic N) is 1. The summed E-state index contributed by atoms with van der Waals surface area (Å²) in [5, 5.41) is 14.1. The quantitative estimate of drug-likeness (QED) is 0.720. The molecule has 1 rings (SSSR count). The van der Waals surface area contributed by atoms with E-state index >= 15 is 0 Å². The second kappa shape index (κ2) is 6.11. The molecule has 2 unspecified atom stereocenters. The van der Waals surface area contributed by atoms with Crippen LogP contribution in [0.5, 0.6) is 0 Å². The molecule has 1 aliphatic heterocycles. The van der Waals surface area contributed by atoms with Crippen molar-refractivity contribution in [1.82, 2.24) is 10.6 Å². The van der Waals surface area contributed by atoms with Crippen LogP contribution in [0.1, 0.15) is 32.6 Å². The van der Waals surface area contributed by atoms with E-state index in [1.807, 2.05) is 13.0 Å². The smallest absolute Gasteiger partial charge is 0.242 e. The van der Waals surface area contributed by atoms with Crippen LogP contribution in [0.2, 0.25) is 0 Å². The number of rotatable bonds is 4. The summed E-state index contributed by atoms with van der Waals surface area (Å²) in [6.45, 7) is 2.59. The highest BCUT2D eigenvalue weighted by molar-refractivity contribution is 5.89. The summed E-state index contributed by atoms with van der Waals surface area (Å²) >= 11 is 0. The standard InChI is InChI=1S/C11H17N3O2/c1-2-4-8(7-12)10(15)14-9-5-3-6-13-11(9)16/h8-9H,2-6H2,1H3,(H,13,16)(H,14,15). The molecule has 2 amide bonds. The third kappa shape index (κ3) is 3.23. The van der Waals surface area contributed by atoms with Gasteiger partial charge in [-0.2, -0.15) is 5.26 Å². The molecule has 1 heterocycles. The van der Waals surface area contributed by atoms with Crippen molar-refractivity contribution in [2.45, 2.75) is 38.6 Å². The number of amides is 2. The fourth-order valence-corrected chi connectivity index (χ4v) is 1.73. The Morgan fingerprint density at radius 2 is 2.50 bits per heavy atom. The first-order chi connectivity index (χ1) is 7.69. The largest absolute Gasteiger partial charge is 0.354 e. The summed E-state index contributed by atoms with van der Waals surface area (Å²) in [7, 11) is 0. The molecule has 2 atom stereocenters. The Labute approximate surface area is 95.2 Å². The van der Waals surface area contributed by atoms with Gasteiger partial charge in [0.15, 0.2) is 0 Å². The van der Waals surface area contributed by atoms with Crippen molar-refractivity contribution in [3.63, 3.8) is 0 Å². The number of nitrogens with one attached hydrogen (secondary N) is 2. The lowest BCUT2D eigenvalue weighted by Gasteiger charge is -2.23. The van der Waals surface area contributed by atoms with E-state index in [0.717, 1.165) is 12.8 Å². The highest BCUT2D eigenvalue weighted by atomic mass is 16.2. The first kappa shape index (κ1) is 12.5. The highest BCUT2D eigenvalue weighted by Crippen LogP contribution is 2.08. The molecule has 1 aliphatic rings. The number of carbonyl (C=O) groups excluding carboxylic acids is 2. The Morgan fingerprint density at radius 3 is 3.06 bits per heavy atom. The molecule has 0 spiro atoms. The molecule has 1 saturated heterocycles. The second-order valence-corrected chi connectivity index (χ2v) is 3.96. The van der Waals surface area contributed by atoms with Gasteiger partial charge in [-0.15, -0.1) is 0 Å². The van der Waals surface area contributed by atoms with E-state index in [0.29, 0.717) is 19.4 Å². The topological polar surface area (TPSA) is 82.0 Å². The second-order valence-electron chi connectivity index (χ2n) is 3.96. The van der Waals surface area contributed by atoms with E-state index in [2.05, 4.69) is 10.6 Å². The van der Waals surface area contributed by atoms with Crippen LogP contribution in [0, 0.1) is 17.2 Å². The molecular formula is C11H17N3O2. The third-order valence-electron chi connectivity index (χ3n) is 2.65. The minimum absolute atomic E-state index is 0.146. The maximum atomic E-state index is 11.7. The van der Waals surface area contributed by atoms with Crippen molar-refractivity contribution in [3.05, 3.63) is 0 Å². The number of carbonyl (C=O) groups is 2. The van der Waals surface area contributed by atoms with Crippen LogP contribution < -0.4 is 10.6 Å². The zero-order valence-electron chi connectivity index (χ0n) is 9.45. The van der Waals surface area contributed by atoms with Crippen molar-refractivity contribution in [2.24, 2.45) is 5.92 Å². The number of piperidine rings is 1. The molecule has 88 valence electrons. The van der Waals surface area contributed by atoms with Gasteiger partial charge in [0.05, 0.1) is 6.07 Å². The monoisotopic (exact) mass is 223 g/mol. The molecule has 0 bridgehead atoms. The normalized spacial score (nSPS) is 21.8. The van der Waals surface area contributed by atoms with E-state index in [9.17, 15) is 9.59 Å². The maximum absolute atomic E-state index is 11.7. The lowest BCUT2D eigenvalue weighted by Crippen LogP contribution is -2.51. The summed E-state index contributed by atoms with van der Waals surface area (Å²) in [5.41, 5.74) is 0. The molecule has 16 heavy (non-hydrogen) atoms. The molecular weight excluding hydrogens is 206 g/mol. The average molecular weight is 223 g/mol. The molecule has 1 fully saturated rings. The molecule has 0 radical (unpaired) electrons. The minimum Gasteiger partial charge on any atom is -0.354 e. The lowest BCUT2D eigenvalue weighted by atomic mass is 10.0. The molecule has 0 saturated carbocycles. The van der Waals surface area contributed by atoms with Gasteiger partial charge in [0, 0.05) is 6.54 Å². The van der Waals surface area contributed by atoms with E-state index in [-0.39, 0.29) is 11.8 Å². The van der Waals surface area contributed by atoms with Gasteiger partial charge >= 0.3 is 0 Å². The van der Waals surface area contributed by atoms with Gasteiger partial charge < -0.3 is 10.6 Å². The molecule has 5 heteroatoms. The predicted octanol–water partition coefficient (Wildman–Crippen LogP) is 0.321. The Kier molecular flexibility index (Phi) is 4.77. The predicted molar refractivity (Wildman–Crippen MR) is 58.2 cm³/mol. The molecule has 2 N–H and O–H groups in total. The van der Waals surface area contributed by atoms with Crippen molar-refractivity contribution in [1.29, 1.82) is 5.26 Å². The summed E-state index contributed by atoms with van der Waals surface area (Å²) in [4.78, 5) is 23.1. The summed E-state index contributed by atoms with van der Waals surface area (Å²) in [6, 6.07) is 1.50. The van der Waals surface area contributed by atoms with Crippen molar-refractivity contribution >= 4 is 11.8 Å². The van der Waals surface area contributed by atoms with Crippen LogP contribution in [0.3, 0.4) is 0 Å². The Hall–Kier alpha value is -1.57. The highest BCUT2D eigenvalue weighted by Gasteiger charge is 2.26. The zero-order valence-corrected chi connectivity index (χ0v) is 9.45. The first-order valence-corrected chi connectivity index (χ1v) is 5.66. The van der Waals surface area contributed by atoms with E-state index < -0.39 is 12.0 Å². The van der Waals surface area contributed by atoms with Crippen LogP contribution in [-0.2, 0) is 9.59 Å². The van der Waals surface area contributed by atoms with Crippen molar-refractivity contribution in [2.75, 3.05) is 6.54 Å². The van der Waals surface area contributed by atoms with Crippen molar-refractivity contribution in [3.8, 4) is 6.07 Å². The average Bonchev–Trinajstić information content (AvgIpc) is 2.29. The van der Waals surface area contributed by atoms with Gasteiger partial charge in [0.25, 0.3) is 0 Å². The zero-order chi connectivity index (χ0) is 12.0. The molecule has 0 aromatic rings.